The molecule has 30 heavy (non-hydrogen) atoms. The Bertz CT molecular complexity index is 864. The van der Waals surface area contributed by atoms with Crippen molar-refractivity contribution < 1.29 is 29.6 Å². The minimum absolute atomic E-state index is 0.153. The second-order valence-electron chi connectivity index (χ2n) is 7.59. The van der Waals surface area contributed by atoms with E-state index in [4.69, 9.17) is 4.74 Å². The van der Waals surface area contributed by atoms with E-state index in [-0.39, 0.29) is 12.8 Å². The van der Waals surface area contributed by atoms with Crippen LogP contribution in [0.1, 0.15) is 28.8 Å². The van der Waals surface area contributed by atoms with Crippen LogP contribution >= 0.6 is 0 Å². The lowest BCUT2D eigenvalue weighted by Crippen LogP contribution is -2.26. The molecule has 158 valence electrons. The third-order valence-electron chi connectivity index (χ3n) is 5.41. The SMILES string of the molecule is O=C(O)C[C@@H]1[C@@H](C=CC(O)Cc2ccccc2)[C@H](OC(=O)c2ccccc2)C[C@@H]1O. The maximum atomic E-state index is 12.5. The molecular formula is C24H26O6. The van der Waals surface area contributed by atoms with Crippen molar-refractivity contribution in [3.63, 3.8) is 0 Å². The minimum Gasteiger partial charge on any atom is -0.481 e. The summed E-state index contributed by atoms with van der Waals surface area (Å²) in [5.74, 6) is -2.66. The lowest BCUT2D eigenvalue weighted by molar-refractivity contribution is -0.139. The number of rotatable bonds is 8. The van der Waals surface area contributed by atoms with Crippen molar-refractivity contribution in [1.29, 1.82) is 0 Å². The molecule has 6 nitrogen and oxygen atoms in total. The molecule has 1 unspecified atom stereocenters. The fourth-order valence-corrected chi connectivity index (χ4v) is 3.93. The van der Waals surface area contributed by atoms with Gasteiger partial charge in [0.05, 0.1) is 24.2 Å². The lowest BCUT2D eigenvalue weighted by Gasteiger charge is -2.22. The van der Waals surface area contributed by atoms with Crippen molar-refractivity contribution >= 4 is 11.9 Å². The van der Waals surface area contributed by atoms with Crippen LogP contribution < -0.4 is 0 Å². The summed E-state index contributed by atoms with van der Waals surface area (Å²) in [6, 6.07) is 18.0. The Morgan fingerprint density at radius 2 is 1.70 bits per heavy atom. The van der Waals surface area contributed by atoms with Gasteiger partial charge >= 0.3 is 11.9 Å². The van der Waals surface area contributed by atoms with Gasteiger partial charge in [-0.2, -0.15) is 0 Å². The highest BCUT2D eigenvalue weighted by molar-refractivity contribution is 5.89. The molecule has 0 bridgehead atoms. The van der Waals surface area contributed by atoms with E-state index >= 15 is 0 Å². The molecule has 2 aromatic carbocycles. The molecule has 3 rings (SSSR count). The van der Waals surface area contributed by atoms with Crippen LogP contribution in [0.5, 0.6) is 0 Å². The molecule has 1 fully saturated rings. The first-order chi connectivity index (χ1) is 14.4. The van der Waals surface area contributed by atoms with Gasteiger partial charge in [-0.05, 0) is 17.7 Å². The molecule has 1 aliphatic carbocycles. The highest BCUT2D eigenvalue weighted by Gasteiger charge is 2.44. The number of esters is 1. The van der Waals surface area contributed by atoms with Crippen molar-refractivity contribution in [2.24, 2.45) is 11.8 Å². The highest BCUT2D eigenvalue weighted by Crippen LogP contribution is 2.38. The van der Waals surface area contributed by atoms with Gasteiger partial charge in [-0.3, -0.25) is 4.79 Å². The summed E-state index contributed by atoms with van der Waals surface area (Å²) in [7, 11) is 0. The number of carboxylic acids is 1. The van der Waals surface area contributed by atoms with E-state index in [0.717, 1.165) is 5.56 Å². The van der Waals surface area contributed by atoms with Gasteiger partial charge in [0.15, 0.2) is 0 Å². The topological polar surface area (TPSA) is 104 Å². The number of aliphatic carboxylic acids is 1. The molecule has 0 heterocycles. The number of aliphatic hydroxyl groups is 2. The molecule has 0 spiro atoms. The van der Waals surface area contributed by atoms with Gasteiger partial charge in [-0.25, -0.2) is 4.79 Å². The number of hydrogen-bond donors (Lipinski definition) is 3. The Morgan fingerprint density at radius 1 is 1.07 bits per heavy atom. The molecular weight excluding hydrogens is 384 g/mol. The number of carbonyl (C=O) groups is 2. The summed E-state index contributed by atoms with van der Waals surface area (Å²) in [6.45, 7) is 0. The monoisotopic (exact) mass is 410 g/mol. The summed E-state index contributed by atoms with van der Waals surface area (Å²) >= 11 is 0. The van der Waals surface area contributed by atoms with E-state index in [1.807, 2.05) is 30.3 Å². The first-order valence-electron chi connectivity index (χ1n) is 10.00. The second-order valence-corrected chi connectivity index (χ2v) is 7.59. The number of ether oxygens (including phenoxy) is 1. The fraction of sp³-hybridized carbons (Fsp3) is 0.333. The molecule has 5 atom stereocenters. The largest absolute Gasteiger partial charge is 0.481 e. The van der Waals surface area contributed by atoms with Crippen molar-refractivity contribution in [3.05, 3.63) is 83.9 Å². The van der Waals surface area contributed by atoms with Crippen LogP contribution in [0.2, 0.25) is 0 Å². The molecule has 2 aromatic rings. The molecule has 0 aliphatic heterocycles. The van der Waals surface area contributed by atoms with E-state index < -0.39 is 42.1 Å². The van der Waals surface area contributed by atoms with Gasteiger partial charge in [0.2, 0.25) is 0 Å². The predicted molar refractivity (Wildman–Crippen MR) is 111 cm³/mol. The summed E-state index contributed by atoms with van der Waals surface area (Å²) in [4.78, 5) is 23.8. The van der Waals surface area contributed by atoms with Crippen molar-refractivity contribution in [2.75, 3.05) is 0 Å². The van der Waals surface area contributed by atoms with Gasteiger partial charge in [0, 0.05) is 24.7 Å². The summed E-state index contributed by atoms with van der Waals surface area (Å²) in [6.07, 6.45) is 1.23. The van der Waals surface area contributed by atoms with Crippen LogP contribution in [0.4, 0.5) is 0 Å². The molecule has 1 aliphatic rings. The van der Waals surface area contributed by atoms with Crippen molar-refractivity contribution in [1.82, 2.24) is 0 Å². The Hall–Kier alpha value is -2.96. The Balaban J connectivity index is 1.73. The van der Waals surface area contributed by atoms with E-state index in [0.29, 0.717) is 12.0 Å². The normalized spacial score (nSPS) is 24.6. The predicted octanol–water partition coefficient (Wildman–Crippen LogP) is 2.84. The Labute approximate surface area is 175 Å². The third-order valence-corrected chi connectivity index (χ3v) is 5.41. The molecule has 0 radical (unpaired) electrons. The van der Waals surface area contributed by atoms with Crippen molar-refractivity contribution in [3.8, 4) is 0 Å². The molecule has 1 saturated carbocycles. The number of aliphatic hydroxyl groups excluding tert-OH is 2. The van der Waals surface area contributed by atoms with Crippen LogP contribution in [-0.2, 0) is 16.0 Å². The molecule has 3 N–H and O–H groups in total. The van der Waals surface area contributed by atoms with Gasteiger partial charge in [0.1, 0.15) is 6.10 Å². The van der Waals surface area contributed by atoms with Crippen LogP contribution in [0.25, 0.3) is 0 Å². The van der Waals surface area contributed by atoms with Crippen LogP contribution in [-0.4, -0.2) is 45.6 Å². The molecule has 0 aromatic heterocycles. The molecule has 0 amide bonds. The first-order valence-corrected chi connectivity index (χ1v) is 10.00. The second kappa shape index (κ2) is 10.2. The van der Waals surface area contributed by atoms with Gasteiger partial charge in [0.25, 0.3) is 0 Å². The standard InChI is InChI=1S/C24H26O6/c25-18(13-16-7-3-1-4-8-16)11-12-19-20(14-23(27)28)21(26)15-22(19)30-24(29)17-9-5-2-6-10-17/h1-12,18-22,25-26H,13-15H2,(H,27,28)/t18?,19-,20-,21+,22-/m1/s1. The van der Waals surface area contributed by atoms with Gasteiger partial charge in [-0.15, -0.1) is 0 Å². The zero-order valence-corrected chi connectivity index (χ0v) is 16.5. The summed E-state index contributed by atoms with van der Waals surface area (Å²) in [5, 5.41) is 30.0. The van der Waals surface area contributed by atoms with Crippen LogP contribution in [0.3, 0.4) is 0 Å². The first kappa shape index (κ1) is 21.7. The number of benzene rings is 2. The minimum atomic E-state index is -1.03. The number of hydrogen-bond acceptors (Lipinski definition) is 5. The highest BCUT2D eigenvalue weighted by atomic mass is 16.5. The Kier molecular flexibility index (Phi) is 7.38. The van der Waals surface area contributed by atoms with E-state index in [1.165, 1.54) is 0 Å². The zero-order valence-electron chi connectivity index (χ0n) is 16.5. The maximum Gasteiger partial charge on any atom is 0.338 e. The van der Waals surface area contributed by atoms with Gasteiger partial charge in [-0.1, -0.05) is 60.7 Å². The average molecular weight is 410 g/mol. The van der Waals surface area contributed by atoms with Crippen molar-refractivity contribution in [2.45, 2.75) is 37.6 Å². The molecule has 6 heteroatoms. The smallest absolute Gasteiger partial charge is 0.338 e. The van der Waals surface area contributed by atoms with E-state index in [1.54, 1.807) is 42.5 Å². The summed E-state index contributed by atoms with van der Waals surface area (Å²) in [5.41, 5.74) is 1.36. The third kappa shape index (κ3) is 5.78. The maximum absolute atomic E-state index is 12.5. The lowest BCUT2D eigenvalue weighted by atomic mass is 9.89. The van der Waals surface area contributed by atoms with E-state index in [9.17, 15) is 24.9 Å². The average Bonchev–Trinajstić information content (AvgIpc) is 3.01. The van der Waals surface area contributed by atoms with Gasteiger partial charge < -0.3 is 20.1 Å². The quantitative estimate of drug-likeness (QED) is 0.457. The van der Waals surface area contributed by atoms with Crippen LogP contribution in [0, 0.1) is 11.8 Å². The van der Waals surface area contributed by atoms with Crippen LogP contribution in [0.15, 0.2) is 72.8 Å². The number of carbonyl (C=O) groups excluding carboxylic acids is 1. The molecule has 0 saturated heterocycles. The zero-order chi connectivity index (χ0) is 21.5. The van der Waals surface area contributed by atoms with E-state index in [2.05, 4.69) is 0 Å². The number of carboxylic acid groups (broad SMARTS) is 1. The summed E-state index contributed by atoms with van der Waals surface area (Å²) < 4.78 is 5.62. The fourth-order valence-electron chi connectivity index (χ4n) is 3.93. The Morgan fingerprint density at radius 3 is 2.33 bits per heavy atom.